The monoisotopic (exact) mass is 339 g/mol. The summed E-state index contributed by atoms with van der Waals surface area (Å²) in [6.45, 7) is 9.41. The standard InChI is InChI=1S/C21H29N3O/c1-4-24(5-2)20(19-13-11-17(3)12-14-19)16-23-21(25)22-15-18-9-7-6-8-10-18/h6-14,20H,4-5,15-16H2,1-3H3,(H2,22,23,25). The number of aryl methyl sites for hydroxylation is 1. The number of amides is 2. The van der Waals surface area contributed by atoms with Crippen molar-refractivity contribution in [2.45, 2.75) is 33.4 Å². The van der Waals surface area contributed by atoms with Gasteiger partial charge in [0, 0.05) is 13.1 Å². The van der Waals surface area contributed by atoms with E-state index < -0.39 is 0 Å². The molecule has 0 aliphatic carbocycles. The lowest BCUT2D eigenvalue weighted by Crippen LogP contribution is -2.42. The molecule has 1 atom stereocenters. The fourth-order valence-electron chi connectivity index (χ4n) is 2.94. The largest absolute Gasteiger partial charge is 0.336 e. The molecule has 1 unspecified atom stereocenters. The van der Waals surface area contributed by atoms with E-state index in [1.165, 1.54) is 11.1 Å². The van der Waals surface area contributed by atoms with Crippen molar-refractivity contribution in [3.8, 4) is 0 Å². The number of nitrogens with zero attached hydrogens (tertiary/aromatic N) is 1. The Morgan fingerprint density at radius 3 is 2.20 bits per heavy atom. The van der Waals surface area contributed by atoms with Crippen molar-refractivity contribution in [3.05, 3.63) is 71.3 Å². The summed E-state index contributed by atoms with van der Waals surface area (Å²) in [6, 6.07) is 18.5. The third-order valence-electron chi connectivity index (χ3n) is 4.47. The fraction of sp³-hybridized carbons (Fsp3) is 0.381. The van der Waals surface area contributed by atoms with E-state index in [2.05, 4.69) is 60.6 Å². The fourth-order valence-corrected chi connectivity index (χ4v) is 2.94. The Morgan fingerprint density at radius 2 is 1.60 bits per heavy atom. The Kier molecular flexibility index (Phi) is 7.48. The molecule has 0 aromatic heterocycles. The van der Waals surface area contributed by atoms with Gasteiger partial charge in [-0.25, -0.2) is 4.79 Å². The summed E-state index contributed by atoms with van der Waals surface area (Å²) in [5.74, 6) is 0. The van der Waals surface area contributed by atoms with Gasteiger partial charge in [-0.3, -0.25) is 4.90 Å². The van der Waals surface area contributed by atoms with Gasteiger partial charge in [-0.15, -0.1) is 0 Å². The SMILES string of the molecule is CCN(CC)C(CNC(=O)NCc1ccccc1)c1ccc(C)cc1. The van der Waals surface area contributed by atoms with Crippen LogP contribution >= 0.6 is 0 Å². The van der Waals surface area contributed by atoms with Gasteiger partial charge in [0.25, 0.3) is 0 Å². The van der Waals surface area contributed by atoms with Crippen LogP contribution in [0.25, 0.3) is 0 Å². The van der Waals surface area contributed by atoms with Crippen molar-refractivity contribution in [1.29, 1.82) is 0 Å². The lowest BCUT2D eigenvalue weighted by atomic mass is 10.0. The minimum Gasteiger partial charge on any atom is -0.336 e. The quantitative estimate of drug-likeness (QED) is 0.766. The number of likely N-dealkylation sites (N-methyl/N-ethyl adjacent to an activating group) is 1. The molecule has 4 nitrogen and oxygen atoms in total. The minimum atomic E-state index is -0.131. The molecule has 0 saturated carbocycles. The zero-order valence-electron chi connectivity index (χ0n) is 15.5. The smallest absolute Gasteiger partial charge is 0.315 e. The predicted molar refractivity (Wildman–Crippen MR) is 104 cm³/mol. The third kappa shape index (κ3) is 5.91. The molecule has 2 N–H and O–H groups in total. The van der Waals surface area contributed by atoms with Crippen LogP contribution in [0.4, 0.5) is 4.79 Å². The topological polar surface area (TPSA) is 44.4 Å². The first-order chi connectivity index (χ1) is 12.1. The summed E-state index contributed by atoms with van der Waals surface area (Å²) in [5, 5.41) is 5.94. The molecule has 0 aliphatic heterocycles. The number of rotatable bonds is 8. The van der Waals surface area contributed by atoms with Gasteiger partial charge in [0.05, 0.1) is 6.04 Å². The Morgan fingerprint density at radius 1 is 0.960 bits per heavy atom. The van der Waals surface area contributed by atoms with E-state index >= 15 is 0 Å². The highest BCUT2D eigenvalue weighted by atomic mass is 16.2. The molecule has 2 aromatic carbocycles. The van der Waals surface area contributed by atoms with E-state index in [9.17, 15) is 4.79 Å². The highest BCUT2D eigenvalue weighted by Crippen LogP contribution is 2.20. The van der Waals surface area contributed by atoms with E-state index in [1.807, 2.05) is 30.3 Å². The first-order valence-electron chi connectivity index (χ1n) is 9.00. The average Bonchev–Trinajstić information content (AvgIpc) is 2.65. The summed E-state index contributed by atoms with van der Waals surface area (Å²) in [5.41, 5.74) is 3.57. The summed E-state index contributed by atoms with van der Waals surface area (Å²) < 4.78 is 0. The summed E-state index contributed by atoms with van der Waals surface area (Å²) in [4.78, 5) is 14.5. The zero-order chi connectivity index (χ0) is 18.1. The molecular weight excluding hydrogens is 310 g/mol. The number of benzene rings is 2. The van der Waals surface area contributed by atoms with Gasteiger partial charge in [0.2, 0.25) is 0 Å². The second-order valence-corrected chi connectivity index (χ2v) is 6.20. The van der Waals surface area contributed by atoms with Crippen molar-refractivity contribution in [2.24, 2.45) is 0 Å². The number of nitrogens with one attached hydrogen (secondary N) is 2. The molecule has 0 radical (unpaired) electrons. The normalized spacial score (nSPS) is 12.0. The summed E-state index contributed by atoms with van der Waals surface area (Å²) in [6.07, 6.45) is 0. The molecule has 25 heavy (non-hydrogen) atoms. The highest BCUT2D eigenvalue weighted by molar-refractivity contribution is 5.73. The van der Waals surface area contributed by atoms with Gasteiger partial charge in [0.15, 0.2) is 0 Å². The van der Waals surface area contributed by atoms with Crippen molar-refractivity contribution in [3.63, 3.8) is 0 Å². The van der Waals surface area contributed by atoms with Crippen LogP contribution in [-0.4, -0.2) is 30.6 Å². The minimum absolute atomic E-state index is 0.131. The number of carbonyl (C=O) groups is 1. The van der Waals surface area contributed by atoms with Gasteiger partial charge in [-0.1, -0.05) is 74.0 Å². The van der Waals surface area contributed by atoms with Gasteiger partial charge in [0.1, 0.15) is 0 Å². The molecule has 0 aliphatic rings. The van der Waals surface area contributed by atoms with Crippen LogP contribution < -0.4 is 10.6 Å². The highest BCUT2D eigenvalue weighted by Gasteiger charge is 2.18. The van der Waals surface area contributed by atoms with Crippen LogP contribution in [-0.2, 0) is 6.54 Å². The maximum Gasteiger partial charge on any atom is 0.315 e. The van der Waals surface area contributed by atoms with E-state index in [0.717, 1.165) is 18.7 Å². The van der Waals surface area contributed by atoms with E-state index in [0.29, 0.717) is 13.1 Å². The number of urea groups is 1. The Balaban J connectivity index is 1.94. The first kappa shape index (κ1) is 19.0. The molecule has 2 aromatic rings. The predicted octanol–water partition coefficient (Wildman–Crippen LogP) is 3.88. The molecule has 0 fully saturated rings. The van der Waals surface area contributed by atoms with E-state index in [1.54, 1.807) is 0 Å². The van der Waals surface area contributed by atoms with Crippen molar-refractivity contribution < 1.29 is 4.79 Å². The van der Waals surface area contributed by atoms with Gasteiger partial charge < -0.3 is 10.6 Å². The molecular formula is C21H29N3O. The maximum absolute atomic E-state index is 12.2. The lowest BCUT2D eigenvalue weighted by Gasteiger charge is -2.30. The van der Waals surface area contributed by atoms with Crippen LogP contribution in [0.3, 0.4) is 0 Å². The Labute approximate surface area is 151 Å². The molecule has 4 heteroatoms. The molecule has 134 valence electrons. The number of hydrogen-bond donors (Lipinski definition) is 2. The first-order valence-corrected chi connectivity index (χ1v) is 9.00. The number of hydrogen-bond acceptors (Lipinski definition) is 2. The second kappa shape index (κ2) is 9.84. The Bertz CT molecular complexity index is 636. The van der Waals surface area contributed by atoms with Crippen LogP contribution in [0, 0.1) is 6.92 Å². The Hall–Kier alpha value is -2.33. The maximum atomic E-state index is 12.2. The molecule has 0 heterocycles. The molecule has 0 bridgehead atoms. The van der Waals surface area contributed by atoms with Crippen LogP contribution in [0.15, 0.2) is 54.6 Å². The van der Waals surface area contributed by atoms with E-state index in [-0.39, 0.29) is 12.1 Å². The van der Waals surface area contributed by atoms with Gasteiger partial charge in [-0.05, 0) is 31.1 Å². The molecule has 2 amide bonds. The van der Waals surface area contributed by atoms with Crippen molar-refractivity contribution in [1.82, 2.24) is 15.5 Å². The average molecular weight is 339 g/mol. The number of carbonyl (C=O) groups excluding carboxylic acids is 1. The van der Waals surface area contributed by atoms with Crippen molar-refractivity contribution in [2.75, 3.05) is 19.6 Å². The van der Waals surface area contributed by atoms with Gasteiger partial charge in [-0.2, -0.15) is 0 Å². The molecule has 0 saturated heterocycles. The summed E-state index contributed by atoms with van der Waals surface area (Å²) >= 11 is 0. The van der Waals surface area contributed by atoms with Crippen molar-refractivity contribution >= 4 is 6.03 Å². The lowest BCUT2D eigenvalue weighted by molar-refractivity contribution is 0.206. The summed E-state index contributed by atoms with van der Waals surface area (Å²) in [7, 11) is 0. The van der Waals surface area contributed by atoms with Gasteiger partial charge >= 0.3 is 6.03 Å². The van der Waals surface area contributed by atoms with Crippen LogP contribution in [0.2, 0.25) is 0 Å². The van der Waals surface area contributed by atoms with Crippen LogP contribution in [0.1, 0.15) is 36.6 Å². The van der Waals surface area contributed by atoms with E-state index in [4.69, 9.17) is 0 Å². The zero-order valence-corrected chi connectivity index (χ0v) is 15.5. The van der Waals surface area contributed by atoms with Crippen LogP contribution in [0.5, 0.6) is 0 Å². The second-order valence-electron chi connectivity index (χ2n) is 6.20. The molecule has 2 rings (SSSR count). The third-order valence-corrected chi connectivity index (χ3v) is 4.47. The molecule has 0 spiro atoms.